The third kappa shape index (κ3) is 4.32. The summed E-state index contributed by atoms with van der Waals surface area (Å²) in [5, 5.41) is 5.60. The van der Waals surface area contributed by atoms with E-state index < -0.39 is 0 Å². The topological polar surface area (TPSA) is 44.8 Å². The zero-order valence-corrected chi connectivity index (χ0v) is 14.7. The van der Waals surface area contributed by atoms with Crippen LogP contribution in [0.3, 0.4) is 0 Å². The first-order valence-corrected chi connectivity index (χ1v) is 9.51. The summed E-state index contributed by atoms with van der Waals surface area (Å²) in [6.07, 6.45) is 2.29. The van der Waals surface area contributed by atoms with Crippen molar-refractivity contribution in [1.82, 2.24) is 15.1 Å². The molecule has 5 nitrogen and oxygen atoms in total. The number of nitrogens with zero attached hydrogens (tertiary/aromatic N) is 2. The predicted molar refractivity (Wildman–Crippen MR) is 92.7 cm³/mol. The predicted octanol–water partition coefficient (Wildman–Crippen LogP) is 1.72. The Bertz CT molecular complexity index is 482. The minimum atomic E-state index is -0.114. The minimum absolute atomic E-state index is 0.114. The fourth-order valence-electron chi connectivity index (χ4n) is 3.37. The second kappa shape index (κ2) is 8.24. The molecule has 3 rings (SSSR count). The van der Waals surface area contributed by atoms with E-state index in [9.17, 15) is 4.79 Å². The number of morpholine rings is 1. The highest BCUT2D eigenvalue weighted by molar-refractivity contribution is 7.10. The van der Waals surface area contributed by atoms with E-state index in [2.05, 4.69) is 27.7 Å². The van der Waals surface area contributed by atoms with Crippen LogP contribution in [0, 0.1) is 0 Å². The second-order valence-corrected chi connectivity index (χ2v) is 7.32. The van der Waals surface area contributed by atoms with Crippen molar-refractivity contribution in [1.29, 1.82) is 0 Å². The molecule has 0 bridgehead atoms. The summed E-state index contributed by atoms with van der Waals surface area (Å²) in [6, 6.07) is 4.51. The molecule has 2 fully saturated rings. The number of hydrogen-bond donors (Lipinski definition) is 1. The van der Waals surface area contributed by atoms with Gasteiger partial charge in [-0.2, -0.15) is 0 Å². The van der Waals surface area contributed by atoms with Crippen LogP contribution in [0.1, 0.15) is 30.7 Å². The number of ether oxygens (including phenoxy) is 1. The highest BCUT2D eigenvalue weighted by Crippen LogP contribution is 2.25. The minimum Gasteiger partial charge on any atom is -0.379 e. The smallest absolute Gasteiger partial charge is 0.239 e. The first kappa shape index (κ1) is 16.9. The van der Waals surface area contributed by atoms with Crippen LogP contribution in [0.25, 0.3) is 0 Å². The molecular formula is C17H27N3O2S. The van der Waals surface area contributed by atoms with E-state index in [0.29, 0.717) is 6.04 Å². The molecule has 0 radical (unpaired) electrons. The van der Waals surface area contributed by atoms with Gasteiger partial charge >= 0.3 is 0 Å². The van der Waals surface area contributed by atoms with Crippen molar-refractivity contribution in [2.24, 2.45) is 0 Å². The summed E-state index contributed by atoms with van der Waals surface area (Å²) in [5.74, 6) is 0.245. The molecule has 23 heavy (non-hydrogen) atoms. The Hall–Kier alpha value is -0.950. The SMILES string of the molecule is CC(NCC(c1cccs1)N1CCOCC1)C(=O)N1CCCC1. The first-order chi connectivity index (χ1) is 11.3. The fourth-order valence-corrected chi connectivity index (χ4v) is 4.23. The molecule has 6 heteroatoms. The summed E-state index contributed by atoms with van der Waals surface area (Å²) in [5.41, 5.74) is 0. The molecule has 2 unspecified atom stereocenters. The average Bonchev–Trinajstić information content (AvgIpc) is 3.29. The monoisotopic (exact) mass is 337 g/mol. The van der Waals surface area contributed by atoms with E-state index in [4.69, 9.17) is 4.74 Å². The van der Waals surface area contributed by atoms with Crippen molar-refractivity contribution in [2.75, 3.05) is 45.9 Å². The molecular weight excluding hydrogens is 310 g/mol. The summed E-state index contributed by atoms with van der Waals surface area (Å²) in [7, 11) is 0. The molecule has 3 heterocycles. The Morgan fingerprint density at radius 1 is 1.30 bits per heavy atom. The van der Waals surface area contributed by atoms with Crippen LogP contribution in [0.15, 0.2) is 17.5 Å². The lowest BCUT2D eigenvalue weighted by atomic mass is 10.1. The van der Waals surface area contributed by atoms with Gasteiger partial charge in [0.2, 0.25) is 5.91 Å². The quantitative estimate of drug-likeness (QED) is 0.858. The van der Waals surface area contributed by atoms with Gasteiger partial charge in [0, 0.05) is 37.6 Å². The van der Waals surface area contributed by atoms with E-state index in [1.54, 1.807) is 11.3 Å². The van der Waals surface area contributed by atoms with Crippen LogP contribution in [-0.4, -0.2) is 67.7 Å². The van der Waals surface area contributed by atoms with Gasteiger partial charge in [-0.1, -0.05) is 6.07 Å². The van der Waals surface area contributed by atoms with Gasteiger partial charge in [0.15, 0.2) is 0 Å². The van der Waals surface area contributed by atoms with E-state index >= 15 is 0 Å². The summed E-state index contributed by atoms with van der Waals surface area (Å²) in [6.45, 7) is 8.14. The third-order valence-electron chi connectivity index (χ3n) is 4.76. The van der Waals surface area contributed by atoms with Crippen LogP contribution < -0.4 is 5.32 Å². The zero-order chi connectivity index (χ0) is 16.1. The van der Waals surface area contributed by atoms with Crippen LogP contribution in [0.5, 0.6) is 0 Å². The molecule has 2 saturated heterocycles. The maximum absolute atomic E-state index is 12.5. The number of nitrogens with one attached hydrogen (secondary N) is 1. The molecule has 0 aromatic carbocycles. The summed E-state index contributed by atoms with van der Waals surface area (Å²) < 4.78 is 5.48. The Morgan fingerprint density at radius 2 is 2.04 bits per heavy atom. The summed E-state index contributed by atoms with van der Waals surface area (Å²) in [4.78, 5) is 18.3. The van der Waals surface area contributed by atoms with Gasteiger partial charge in [-0.25, -0.2) is 0 Å². The van der Waals surface area contributed by atoms with Gasteiger partial charge in [-0.3, -0.25) is 9.69 Å². The van der Waals surface area contributed by atoms with Crippen molar-refractivity contribution in [3.63, 3.8) is 0 Å². The molecule has 1 amide bonds. The Kier molecular flexibility index (Phi) is 6.05. The molecule has 2 aliphatic rings. The molecule has 2 atom stereocenters. The molecule has 1 N–H and O–H groups in total. The van der Waals surface area contributed by atoms with Crippen LogP contribution in [0.4, 0.5) is 0 Å². The molecule has 0 spiro atoms. The van der Waals surface area contributed by atoms with Gasteiger partial charge in [-0.05, 0) is 31.2 Å². The second-order valence-electron chi connectivity index (χ2n) is 6.34. The van der Waals surface area contributed by atoms with Crippen molar-refractivity contribution >= 4 is 17.2 Å². The maximum Gasteiger partial charge on any atom is 0.239 e. The average molecular weight is 337 g/mol. The fraction of sp³-hybridized carbons (Fsp3) is 0.706. The number of amides is 1. The number of thiophene rings is 1. The van der Waals surface area contributed by atoms with Crippen molar-refractivity contribution in [2.45, 2.75) is 31.8 Å². The lowest BCUT2D eigenvalue weighted by Gasteiger charge is -2.35. The van der Waals surface area contributed by atoms with E-state index in [1.165, 1.54) is 4.88 Å². The number of carbonyl (C=O) groups excluding carboxylic acids is 1. The number of rotatable bonds is 6. The molecule has 1 aromatic rings. The van der Waals surface area contributed by atoms with E-state index in [0.717, 1.165) is 58.8 Å². The van der Waals surface area contributed by atoms with Gasteiger partial charge in [-0.15, -0.1) is 11.3 Å². The molecule has 1 aromatic heterocycles. The van der Waals surface area contributed by atoms with Gasteiger partial charge in [0.05, 0.1) is 25.3 Å². The van der Waals surface area contributed by atoms with Crippen molar-refractivity contribution < 1.29 is 9.53 Å². The first-order valence-electron chi connectivity index (χ1n) is 8.63. The third-order valence-corrected chi connectivity index (χ3v) is 5.74. The standard InChI is InChI=1S/C17H27N3O2S/c1-14(17(21)20-6-2-3-7-20)18-13-15(16-5-4-12-23-16)19-8-10-22-11-9-19/h4-5,12,14-15,18H,2-3,6-11,13H2,1H3. The largest absolute Gasteiger partial charge is 0.379 e. The Balaban J connectivity index is 1.58. The van der Waals surface area contributed by atoms with Crippen molar-refractivity contribution in [3.8, 4) is 0 Å². The Labute approximate surface area is 142 Å². The normalized spacial score (nSPS) is 22.2. The number of carbonyl (C=O) groups is 1. The van der Waals surface area contributed by atoms with E-state index in [1.807, 2.05) is 11.8 Å². The highest BCUT2D eigenvalue weighted by Gasteiger charge is 2.27. The van der Waals surface area contributed by atoms with Gasteiger partial charge in [0.1, 0.15) is 0 Å². The number of likely N-dealkylation sites (tertiary alicyclic amines) is 1. The van der Waals surface area contributed by atoms with Gasteiger partial charge < -0.3 is 15.0 Å². The van der Waals surface area contributed by atoms with Crippen LogP contribution in [-0.2, 0) is 9.53 Å². The van der Waals surface area contributed by atoms with Gasteiger partial charge in [0.25, 0.3) is 0 Å². The molecule has 0 aliphatic carbocycles. The Morgan fingerprint density at radius 3 is 2.70 bits per heavy atom. The van der Waals surface area contributed by atoms with Crippen LogP contribution >= 0.6 is 11.3 Å². The molecule has 2 aliphatic heterocycles. The molecule has 128 valence electrons. The van der Waals surface area contributed by atoms with E-state index in [-0.39, 0.29) is 11.9 Å². The number of hydrogen-bond acceptors (Lipinski definition) is 5. The maximum atomic E-state index is 12.5. The summed E-state index contributed by atoms with van der Waals surface area (Å²) >= 11 is 1.79. The van der Waals surface area contributed by atoms with Crippen LogP contribution in [0.2, 0.25) is 0 Å². The zero-order valence-electron chi connectivity index (χ0n) is 13.9. The molecule has 0 saturated carbocycles. The lowest BCUT2D eigenvalue weighted by molar-refractivity contribution is -0.132. The van der Waals surface area contributed by atoms with Crippen molar-refractivity contribution in [3.05, 3.63) is 22.4 Å². The lowest BCUT2D eigenvalue weighted by Crippen LogP contribution is -2.48. The highest BCUT2D eigenvalue weighted by atomic mass is 32.1.